The molecule has 0 bridgehead atoms. The van der Waals surface area contributed by atoms with E-state index in [2.05, 4.69) is 10.6 Å². The van der Waals surface area contributed by atoms with Crippen molar-refractivity contribution in [2.45, 2.75) is 25.8 Å². The van der Waals surface area contributed by atoms with Crippen LogP contribution in [0.2, 0.25) is 0 Å². The minimum atomic E-state index is -0.364. The van der Waals surface area contributed by atoms with Gasteiger partial charge in [0.1, 0.15) is 5.82 Å². The van der Waals surface area contributed by atoms with Gasteiger partial charge in [-0.15, -0.1) is 0 Å². The average molecular weight is 236 g/mol. The van der Waals surface area contributed by atoms with E-state index in [0.29, 0.717) is 5.56 Å². The van der Waals surface area contributed by atoms with Crippen molar-refractivity contribution >= 4 is 5.91 Å². The average Bonchev–Trinajstić information content (AvgIpc) is 2.29. The predicted octanol–water partition coefficient (Wildman–Crippen LogP) is 1.62. The van der Waals surface area contributed by atoms with Crippen LogP contribution in [-0.4, -0.2) is 25.0 Å². The van der Waals surface area contributed by atoms with Crippen molar-refractivity contribution in [2.75, 3.05) is 13.1 Å². The van der Waals surface area contributed by atoms with Gasteiger partial charge in [0.05, 0.1) is 0 Å². The number of benzene rings is 1. The second-order valence-corrected chi connectivity index (χ2v) is 4.53. The van der Waals surface area contributed by atoms with E-state index < -0.39 is 0 Å². The molecule has 0 radical (unpaired) electrons. The third-order valence-corrected chi connectivity index (χ3v) is 2.94. The molecule has 1 fully saturated rings. The number of aryl methyl sites for hydroxylation is 1. The van der Waals surface area contributed by atoms with Gasteiger partial charge in [-0.25, -0.2) is 4.39 Å². The Kier molecular flexibility index (Phi) is 3.74. The molecule has 1 saturated heterocycles. The van der Waals surface area contributed by atoms with Crippen molar-refractivity contribution in [3.63, 3.8) is 0 Å². The van der Waals surface area contributed by atoms with E-state index in [9.17, 15) is 9.18 Å². The summed E-state index contributed by atoms with van der Waals surface area (Å²) >= 11 is 0. The molecule has 4 heteroatoms. The van der Waals surface area contributed by atoms with Crippen LogP contribution in [0.3, 0.4) is 0 Å². The number of carbonyl (C=O) groups is 1. The minimum absolute atomic E-state index is 0.153. The Morgan fingerprint density at radius 2 is 2.29 bits per heavy atom. The van der Waals surface area contributed by atoms with Gasteiger partial charge >= 0.3 is 0 Å². The van der Waals surface area contributed by atoms with Crippen LogP contribution in [0.4, 0.5) is 4.39 Å². The summed E-state index contributed by atoms with van der Waals surface area (Å²) in [5.74, 6) is -0.557. The molecule has 1 aliphatic rings. The van der Waals surface area contributed by atoms with Crippen LogP contribution in [0.1, 0.15) is 28.8 Å². The first-order valence-corrected chi connectivity index (χ1v) is 5.94. The molecule has 1 aliphatic heterocycles. The van der Waals surface area contributed by atoms with Crippen molar-refractivity contribution < 1.29 is 9.18 Å². The van der Waals surface area contributed by atoms with Crippen LogP contribution in [0.25, 0.3) is 0 Å². The Bertz CT molecular complexity index is 394. The largest absolute Gasteiger partial charge is 0.348 e. The number of amides is 1. The zero-order valence-corrected chi connectivity index (χ0v) is 9.92. The molecule has 17 heavy (non-hydrogen) atoms. The first-order valence-electron chi connectivity index (χ1n) is 5.94. The highest BCUT2D eigenvalue weighted by Gasteiger charge is 2.16. The molecule has 0 spiro atoms. The molecule has 1 aromatic rings. The molecule has 1 atom stereocenters. The lowest BCUT2D eigenvalue weighted by Crippen LogP contribution is -2.45. The van der Waals surface area contributed by atoms with Gasteiger partial charge in [0, 0.05) is 18.2 Å². The van der Waals surface area contributed by atoms with Gasteiger partial charge in [0.15, 0.2) is 0 Å². The Balaban J connectivity index is 2.03. The second kappa shape index (κ2) is 5.27. The summed E-state index contributed by atoms with van der Waals surface area (Å²) < 4.78 is 13.2. The smallest absolute Gasteiger partial charge is 0.251 e. The first-order chi connectivity index (χ1) is 8.15. The molecule has 3 nitrogen and oxygen atoms in total. The quantitative estimate of drug-likeness (QED) is 0.819. The standard InChI is InChI=1S/C13H17FN2O/c1-9-5-10(7-11(14)6-9)13(17)16-12-3-2-4-15-8-12/h5-7,12,15H,2-4,8H2,1H3,(H,16,17). The Hall–Kier alpha value is -1.42. The molecule has 0 aromatic heterocycles. The molecule has 1 amide bonds. The number of halogens is 1. The van der Waals surface area contributed by atoms with E-state index in [1.165, 1.54) is 12.1 Å². The molecule has 1 unspecified atom stereocenters. The monoisotopic (exact) mass is 236 g/mol. The van der Waals surface area contributed by atoms with Crippen molar-refractivity contribution in [3.8, 4) is 0 Å². The van der Waals surface area contributed by atoms with Gasteiger partial charge in [-0.05, 0) is 50.1 Å². The van der Waals surface area contributed by atoms with Gasteiger partial charge in [-0.3, -0.25) is 4.79 Å². The van der Waals surface area contributed by atoms with Crippen molar-refractivity contribution in [2.24, 2.45) is 0 Å². The molecule has 0 aliphatic carbocycles. The zero-order valence-electron chi connectivity index (χ0n) is 9.92. The fourth-order valence-corrected chi connectivity index (χ4v) is 2.11. The zero-order chi connectivity index (χ0) is 12.3. The van der Waals surface area contributed by atoms with Crippen molar-refractivity contribution in [1.29, 1.82) is 0 Å². The van der Waals surface area contributed by atoms with E-state index in [0.717, 1.165) is 31.5 Å². The summed E-state index contributed by atoms with van der Waals surface area (Å²) in [6, 6.07) is 4.55. The summed E-state index contributed by atoms with van der Waals surface area (Å²) in [6.45, 7) is 3.58. The van der Waals surface area contributed by atoms with Crippen LogP contribution in [0.5, 0.6) is 0 Å². The maximum absolute atomic E-state index is 13.2. The van der Waals surface area contributed by atoms with E-state index in [-0.39, 0.29) is 17.8 Å². The minimum Gasteiger partial charge on any atom is -0.348 e. The molecule has 2 N–H and O–H groups in total. The molecule has 0 saturated carbocycles. The third kappa shape index (κ3) is 3.27. The molecular weight excluding hydrogens is 219 g/mol. The first kappa shape index (κ1) is 12.0. The van der Waals surface area contributed by atoms with Crippen molar-refractivity contribution in [3.05, 3.63) is 35.1 Å². The fourth-order valence-electron chi connectivity index (χ4n) is 2.11. The Morgan fingerprint density at radius 1 is 1.47 bits per heavy atom. The molecular formula is C13H17FN2O. The molecule has 92 valence electrons. The highest BCUT2D eigenvalue weighted by Crippen LogP contribution is 2.09. The number of nitrogens with one attached hydrogen (secondary N) is 2. The van der Waals surface area contributed by atoms with E-state index in [1.807, 2.05) is 0 Å². The Morgan fingerprint density at radius 3 is 2.94 bits per heavy atom. The SMILES string of the molecule is Cc1cc(F)cc(C(=O)NC2CCCNC2)c1. The van der Waals surface area contributed by atoms with Gasteiger partial charge in [0.2, 0.25) is 0 Å². The number of hydrogen-bond donors (Lipinski definition) is 2. The van der Waals surface area contributed by atoms with E-state index in [1.54, 1.807) is 13.0 Å². The molecule has 1 heterocycles. The van der Waals surface area contributed by atoms with Crippen LogP contribution in [0.15, 0.2) is 18.2 Å². The lowest BCUT2D eigenvalue weighted by molar-refractivity contribution is 0.0930. The van der Waals surface area contributed by atoms with Crippen LogP contribution in [-0.2, 0) is 0 Å². The van der Waals surface area contributed by atoms with Crippen LogP contribution < -0.4 is 10.6 Å². The fraction of sp³-hybridized carbons (Fsp3) is 0.462. The van der Waals surface area contributed by atoms with Gasteiger partial charge < -0.3 is 10.6 Å². The number of carbonyl (C=O) groups excluding carboxylic acids is 1. The van der Waals surface area contributed by atoms with Gasteiger partial charge in [-0.2, -0.15) is 0 Å². The van der Waals surface area contributed by atoms with Crippen LogP contribution >= 0.6 is 0 Å². The molecule has 2 rings (SSSR count). The topological polar surface area (TPSA) is 41.1 Å². The predicted molar refractivity (Wildman–Crippen MR) is 64.5 cm³/mol. The normalized spacial score (nSPS) is 20.0. The highest BCUT2D eigenvalue weighted by molar-refractivity contribution is 5.94. The maximum atomic E-state index is 13.2. The van der Waals surface area contributed by atoms with Gasteiger partial charge in [0.25, 0.3) is 5.91 Å². The summed E-state index contributed by atoms with van der Waals surface area (Å²) in [5.41, 5.74) is 1.16. The summed E-state index contributed by atoms with van der Waals surface area (Å²) in [5, 5.41) is 6.15. The number of piperidine rings is 1. The number of hydrogen-bond acceptors (Lipinski definition) is 2. The lowest BCUT2D eigenvalue weighted by Gasteiger charge is -2.23. The lowest BCUT2D eigenvalue weighted by atomic mass is 10.1. The third-order valence-electron chi connectivity index (χ3n) is 2.94. The summed E-state index contributed by atoms with van der Waals surface area (Å²) in [6.07, 6.45) is 2.04. The van der Waals surface area contributed by atoms with E-state index >= 15 is 0 Å². The number of rotatable bonds is 2. The van der Waals surface area contributed by atoms with Gasteiger partial charge in [-0.1, -0.05) is 0 Å². The van der Waals surface area contributed by atoms with Crippen LogP contribution in [0, 0.1) is 12.7 Å². The second-order valence-electron chi connectivity index (χ2n) is 4.53. The highest BCUT2D eigenvalue weighted by atomic mass is 19.1. The molecule has 1 aromatic carbocycles. The maximum Gasteiger partial charge on any atom is 0.251 e. The van der Waals surface area contributed by atoms with Crippen molar-refractivity contribution in [1.82, 2.24) is 10.6 Å². The Labute approximate surface area is 100 Å². The summed E-state index contributed by atoms with van der Waals surface area (Å²) in [4.78, 5) is 11.9. The van der Waals surface area contributed by atoms with E-state index in [4.69, 9.17) is 0 Å². The summed E-state index contributed by atoms with van der Waals surface area (Å²) in [7, 11) is 0.